The summed E-state index contributed by atoms with van der Waals surface area (Å²) in [7, 11) is 1.52. The monoisotopic (exact) mass is 341 g/mol. The fraction of sp³-hybridized carbons (Fsp3) is 0.364. The second kappa shape index (κ2) is 4.90. The molecule has 8 heteroatoms. The van der Waals surface area contributed by atoms with Crippen molar-refractivity contribution in [3.63, 3.8) is 0 Å². The van der Waals surface area contributed by atoms with Gasteiger partial charge in [0.15, 0.2) is 0 Å². The molecule has 2 unspecified atom stereocenters. The maximum atomic E-state index is 12.2. The lowest BCUT2D eigenvalue weighted by Crippen LogP contribution is -2.41. The molecule has 1 aliphatic rings. The van der Waals surface area contributed by atoms with Gasteiger partial charge in [-0.05, 0) is 54.4 Å². The van der Waals surface area contributed by atoms with Crippen molar-refractivity contribution in [2.75, 3.05) is 11.4 Å². The van der Waals surface area contributed by atoms with Crippen LogP contribution in [0.3, 0.4) is 0 Å². The Bertz CT molecular complexity index is 506. The molecule has 0 bridgehead atoms. The molecule has 1 heterocycles. The molecule has 1 saturated heterocycles. The van der Waals surface area contributed by atoms with Crippen LogP contribution < -0.4 is 9.04 Å². The molecule has 0 aromatic heterocycles. The van der Waals surface area contributed by atoms with E-state index in [4.69, 9.17) is 39.5 Å². The van der Waals surface area contributed by atoms with Crippen LogP contribution in [-0.4, -0.2) is 26.1 Å². The van der Waals surface area contributed by atoms with Gasteiger partial charge in [0.05, 0.1) is 12.8 Å². The number of ether oxygens (including phenoxy) is 1. The average Bonchev–Trinajstić information content (AvgIpc) is 2.49. The number of hydrogen-bond acceptors (Lipinski definition) is 3. The summed E-state index contributed by atoms with van der Waals surface area (Å²) in [5.74, 6) is 0.000454. The van der Waals surface area contributed by atoms with Crippen LogP contribution in [-0.2, 0) is 16.2 Å². The number of halogens is 3. The lowest BCUT2D eigenvalue weighted by molar-refractivity contribution is -0.118. The van der Waals surface area contributed by atoms with Gasteiger partial charge >= 0.3 is 3.67 Å². The fourth-order valence-corrected chi connectivity index (χ4v) is 3.80. The van der Waals surface area contributed by atoms with Crippen LogP contribution in [0.25, 0.3) is 0 Å². The van der Waals surface area contributed by atoms with E-state index in [9.17, 15) is 9.35 Å². The number of hydrogen-bond donors (Lipinski definition) is 0. The third-order valence-electron chi connectivity index (χ3n) is 2.82. The van der Waals surface area contributed by atoms with Crippen LogP contribution in [0.1, 0.15) is 6.92 Å². The van der Waals surface area contributed by atoms with Crippen LogP contribution in [0.5, 0.6) is 5.75 Å². The zero-order chi connectivity index (χ0) is 14.4. The smallest absolute Gasteiger partial charge is 0.326 e. The highest BCUT2D eigenvalue weighted by atomic mass is 35.5. The summed E-state index contributed by atoms with van der Waals surface area (Å²) < 4.78 is 16.4. The zero-order valence-corrected chi connectivity index (χ0v) is 13.1. The molecule has 104 valence electrons. The van der Waals surface area contributed by atoms with Crippen molar-refractivity contribution in [2.24, 2.45) is 0 Å². The molecule has 0 aliphatic carbocycles. The summed E-state index contributed by atoms with van der Waals surface area (Å²) in [5, 5.41) is 0. The minimum absolute atomic E-state index is 0.388. The summed E-state index contributed by atoms with van der Waals surface area (Å²) in [5.41, 5.74) is 0.388. The maximum Gasteiger partial charge on any atom is 0.326 e. The largest absolute Gasteiger partial charge is 0.590 e. The lowest BCUT2D eigenvalue weighted by atomic mass is 10.2. The van der Waals surface area contributed by atoms with Gasteiger partial charge in [-0.25, -0.2) is 0 Å². The van der Waals surface area contributed by atoms with E-state index >= 15 is 0 Å². The topological polar surface area (TPSA) is 52.6 Å². The average molecular weight is 343 g/mol. The molecule has 1 aliphatic heterocycles. The van der Waals surface area contributed by atoms with Gasteiger partial charge in [-0.15, -0.1) is 4.31 Å². The molecule has 1 amide bonds. The Balaban J connectivity index is 2.42. The summed E-state index contributed by atoms with van der Waals surface area (Å²) in [4.78, 5) is 10.6. The van der Waals surface area contributed by atoms with Crippen molar-refractivity contribution in [3.05, 3.63) is 24.3 Å². The van der Waals surface area contributed by atoms with Gasteiger partial charge in [-0.1, -0.05) is 11.6 Å². The quantitative estimate of drug-likeness (QED) is 0.613. The minimum Gasteiger partial charge on any atom is -0.590 e. The van der Waals surface area contributed by atoms with Crippen LogP contribution in [0, 0.1) is 0 Å². The Morgan fingerprint density at radius 3 is 2.16 bits per heavy atom. The summed E-state index contributed by atoms with van der Waals surface area (Å²) in [6, 6.07) is 6.43. The summed E-state index contributed by atoms with van der Waals surface area (Å²) in [6.07, 6.45) is 0. The van der Waals surface area contributed by atoms with E-state index in [1.165, 1.54) is 14.0 Å². The first kappa shape index (κ1) is 15.1. The number of carbonyl (C=O) groups excluding carboxylic acids is 1. The highest BCUT2D eigenvalue weighted by molar-refractivity contribution is 7.98. The maximum absolute atomic E-state index is 12.2. The van der Waals surface area contributed by atoms with Crippen LogP contribution in [0.2, 0.25) is 0 Å². The molecule has 0 N–H and O–H groups in total. The van der Waals surface area contributed by atoms with Gasteiger partial charge in [0.1, 0.15) is 17.1 Å². The Labute approximate surface area is 128 Å². The summed E-state index contributed by atoms with van der Waals surface area (Å²) >= 11 is 16.0. The summed E-state index contributed by atoms with van der Waals surface area (Å²) in [6.45, 7) is 1.35. The van der Waals surface area contributed by atoms with E-state index in [1.807, 2.05) is 0 Å². The molecule has 0 saturated carbocycles. The highest BCUT2D eigenvalue weighted by Gasteiger charge is 2.71. The molecule has 0 spiro atoms. The Morgan fingerprint density at radius 1 is 1.26 bits per heavy atom. The van der Waals surface area contributed by atoms with Crippen molar-refractivity contribution < 1.29 is 14.1 Å². The molecule has 1 fully saturated rings. The Morgan fingerprint density at radius 2 is 1.79 bits per heavy atom. The van der Waals surface area contributed by atoms with Gasteiger partial charge in [0.25, 0.3) is 5.91 Å². The SMILES string of the molecule is COc1ccc(N2C(=O)C(C)(Cl)C(Cl)(Cl)[S+]2[O-])cc1. The number of alkyl halides is 3. The van der Waals surface area contributed by atoms with Crippen molar-refractivity contribution in [1.29, 1.82) is 0 Å². The number of benzene rings is 1. The van der Waals surface area contributed by atoms with E-state index in [-0.39, 0.29) is 0 Å². The van der Waals surface area contributed by atoms with E-state index < -0.39 is 25.8 Å². The minimum atomic E-state index is -1.99. The van der Waals surface area contributed by atoms with Crippen LogP contribution in [0.4, 0.5) is 5.69 Å². The van der Waals surface area contributed by atoms with Gasteiger partial charge in [0.2, 0.25) is 4.87 Å². The molecular weight excluding hydrogens is 333 g/mol. The fourth-order valence-electron chi connectivity index (χ4n) is 1.60. The molecule has 2 rings (SSSR count). The van der Waals surface area contributed by atoms with Crippen molar-refractivity contribution in [3.8, 4) is 5.75 Å². The van der Waals surface area contributed by atoms with Crippen molar-refractivity contribution in [1.82, 2.24) is 0 Å². The molecule has 19 heavy (non-hydrogen) atoms. The van der Waals surface area contributed by atoms with E-state index in [0.29, 0.717) is 11.4 Å². The molecule has 1 aromatic carbocycles. The van der Waals surface area contributed by atoms with Gasteiger partial charge in [-0.2, -0.15) is 0 Å². The van der Waals surface area contributed by atoms with E-state index in [2.05, 4.69) is 0 Å². The van der Waals surface area contributed by atoms with E-state index in [0.717, 1.165) is 4.31 Å². The first-order valence-electron chi connectivity index (χ1n) is 5.21. The molecule has 1 aromatic rings. The Kier molecular flexibility index (Phi) is 3.88. The van der Waals surface area contributed by atoms with Crippen LogP contribution in [0.15, 0.2) is 24.3 Å². The predicted octanol–water partition coefficient (Wildman–Crippen LogP) is 2.83. The first-order valence-corrected chi connectivity index (χ1v) is 7.45. The first-order chi connectivity index (χ1) is 8.73. The number of rotatable bonds is 2. The highest BCUT2D eigenvalue weighted by Crippen LogP contribution is 2.52. The third kappa shape index (κ3) is 2.17. The zero-order valence-electron chi connectivity index (χ0n) is 10.0. The third-order valence-corrected chi connectivity index (χ3v) is 6.68. The van der Waals surface area contributed by atoms with Gasteiger partial charge in [-0.3, -0.25) is 4.79 Å². The number of anilines is 1. The van der Waals surface area contributed by atoms with E-state index in [1.54, 1.807) is 24.3 Å². The Hall–Kier alpha value is -0.330. The van der Waals surface area contributed by atoms with Crippen molar-refractivity contribution >= 4 is 57.8 Å². The normalized spacial score (nSPS) is 29.7. The molecular formula is C11H10Cl3NO3S. The van der Waals surface area contributed by atoms with Crippen LogP contribution >= 0.6 is 34.8 Å². The van der Waals surface area contributed by atoms with Gasteiger partial charge in [0, 0.05) is 0 Å². The predicted molar refractivity (Wildman–Crippen MR) is 77.3 cm³/mol. The second-order valence-electron chi connectivity index (χ2n) is 4.07. The molecule has 2 atom stereocenters. The lowest BCUT2D eigenvalue weighted by Gasteiger charge is -2.22. The molecule has 4 nitrogen and oxygen atoms in total. The van der Waals surface area contributed by atoms with Gasteiger partial charge < -0.3 is 9.29 Å². The number of nitrogens with zero attached hydrogens (tertiary/aromatic N) is 1. The number of methoxy groups -OCH3 is 1. The standard InChI is InChI=1S/C11H10Cl3NO3S/c1-10(12)9(16)15(19(17)11(10,13)14)7-3-5-8(18-2)6-4-7/h3-6H,1-2H3. The molecule has 0 radical (unpaired) electrons. The van der Waals surface area contributed by atoms with Crippen molar-refractivity contribution in [2.45, 2.75) is 15.5 Å². The number of amides is 1. The number of carbonyl (C=O) groups is 1. The second-order valence-corrected chi connectivity index (χ2v) is 8.07.